The van der Waals surface area contributed by atoms with Crippen LogP contribution in [-0.4, -0.2) is 37.5 Å². The topological polar surface area (TPSA) is 65.0 Å². The van der Waals surface area contributed by atoms with Crippen LogP contribution in [0.15, 0.2) is 18.2 Å². The maximum absolute atomic E-state index is 11.0. The molecule has 0 radical (unpaired) electrons. The SMILES string of the molecule is COc1cc(C(C)(C)CC(=O)O)ccc1OC1CCOCC1. The molecule has 1 aromatic carbocycles. The predicted octanol–water partition coefficient (Wildman–Crippen LogP) is 3.01. The van der Waals surface area contributed by atoms with E-state index in [9.17, 15) is 4.79 Å². The van der Waals surface area contributed by atoms with Crippen molar-refractivity contribution in [2.75, 3.05) is 20.3 Å². The molecule has 0 spiro atoms. The zero-order valence-corrected chi connectivity index (χ0v) is 13.4. The number of carboxylic acids is 1. The summed E-state index contributed by atoms with van der Waals surface area (Å²) in [5.41, 5.74) is 0.460. The highest BCUT2D eigenvalue weighted by atomic mass is 16.5. The lowest BCUT2D eigenvalue weighted by molar-refractivity contribution is -0.138. The molecule has 1 heterocycles. The van der Waals surface area contributed by atoms with Gasteiger partial charge in [0.2, 0.25) is 0 Å². The smallest absolute Gasteiger partial charge is 0.304 e. The average Bonchev–Trinajstić information content (AvgIpc) is 2.47. The van der Waals surface area contributed by atoms with Crippen LogP contribution in [0.1, 0.15) is 38.7 Å². The van der Waals surface area contributed by atoms with Crippen LogP contribution < -0.4 is 9.47 Å². The highest BCUT2D eigenvalue weighted by molar-refractivity contribution is 5.69. The summed E-state index contributed by atoms with van der Waals surface area (Å²) < 4.78 is 16.8. The first-order valence-corrected chi connectivity index (χ1v) is 7.57. The first-order valence-electron chi connectivity index (χ1n) is 7.57. The molecule has 0 aliphatic carbocycles. The minimum Gasteiger partial charge on any atom is -0.493 e. The average molecular weight is 308 g/mol. The van der Waals surface area contributed by atoms with E-state index in [4.69, 9.17) is 19.3 Å². The van der Waals surface area contributed by atoms with Crippen molar-refractivity contribution >= 4 is 5.97 Å². The molecule has 1 aromatic rings. The molecule has 0 bridgehead atoms. The van der Waals surface area contributed by atoms with E-state index >= 15 is 0 Å². The van der Waals surface area contributed by atoms with Gasteiger partial charge in [-0.1, -0.05) is 19.9 Å². The molecule has 0 atom stereocenters. The fourth-order valence-corrected chi connectivity index (χ4v) is 2.64. The zero-order chi connectivity index (χ0) is 16.2. The Labute approximate surface area is 131 Å². The molecule has 5 nitrogen and oxygen atoms in total. The number of carboxylic acid groups (broad SMARTS) is 1. The van der Waals surface area contributed by atoms with Crippen molar-refractivity contribution in [1.82, 2.24) is 0 Å². The van der Waals surface area contributed by atoms with Crippen LogP contribution in [0.2, 0.25) is 0 Å². The van der Waals surface area contributed by atoms with E-state index in [0.717, 1.165) is 31.6 Å². The molecule has 22 heavy (non-hydrogen) atoms. The van der Waals surface area contributed by atoms with Crippen molar-refractivity contribution in [3.63, 3.8) is 0 Å². The van der Waals surface area contributed by atoms with Crippen molar-refractivity contribution in [1.29, 1.82) is 0 Å². The Bertz CT molecular complexity index is 518. The van der Waals surface area contributed by atoms with Gasteiger partial charge < -0.3 is 19.3 Å². The van der Waals surface area contributed by atoms with Gasteiger partial charge in [0.15, 0.2) is 11.5 Å². The Hall–Kier alpha value is -1.75. The van der Waals surface area contributed by atoms with Crippen LogP contribution in [0.5, 0.6) is 11.5 Å². The number of ether oxygens (including phenoxy) is 3. The lowest BCUT2D eigenvalue weighted by atomic mass is 9.81. The van der Waals surface area contributed by atoms with Gasteiger partial charge in [-0.2, -0.15) is 0 Å². The van der Waals surface area contributed by atoms with E-state index in [1.807, 2.05) is 32.0 Å². The third-order valence-electron chi connectivity index (χ3n) is 4.00. The zero-order valence-electron chi connectivity index (χ0n) is 13.4. The Morgan fingerprint density at radius 3 is 2.59 bits per heavy atom. The van der Waals surface area contributed by atoms with Gasteiger partial charge in [-0.25, -0.2) is 0 Å². The van der Waals surface area contributed by atoms with E-state index in [-0.39, 0.29) is 12.5 Å². The molecule has 1 aliphatic rings. The van der Waals surface area contributed by atoms with Crippen LogP contribution in [0, 0.1) is 0 Å². The molecule has 1 aliphatic heterocycles. The summed E-state index contributed by atoms with van der Waals surface area (Å²) >= 11 is 0. The molecule has 0 unspecified atom stereocenters. The van der Waals surface area contributed by atoms with Crippen molar-refractivity contribution in [2.24, 2.45) is 0 Å². The molecule has 0 saturated carbocycles. The Balaban J connectivity index is 2.18. The van der Waals surface area contributed by atoms with Gasteiger partial charge in [-0.3, -0.25) is 4.79 Å². The molecule has 1 saturated heterocycles. The maximum atomic E-state index is 11.0. The number of hydrogen-bond acceptors (Lipinski definition) is 4. The van der Waals surface area contributed by atoms with Crippen LogP contribution >= 0.6 is 0 Å². The van der Waals surface area contributed by atoms with E-state index in [2.05, 4.69) is 0 Å². The normalized spacial score (nSPS) is 16.3. The summed E-state index contributed by atoms with van der Waals surface area (Å²) in [4.78, 5) is 11.0. The van der Waals surface area contributed by atoms with Crippen molar-refractivity contribution in [3.8, 4) is 11.5 Å². The summed E-state index contributed by atoms with van der Waals surface area (Å²) in [5.74, 6) is 0.526. The minimum atomic E-state index is -0.813. The second-order valence-corrected chi connectivity index (χ2v) is 6.25. The lowest BCUT2D eigenvalue weighted by Crippen LogP contribution is -2.26. The Morgan fingerprint density at radius 1 is 1.32 bits per heavy atom. The van der Waals surface area contributed by atoms with Gasteiger partial charge in [0.05, 0.1) is 26.7 Å². The third-order valence-corrected chi connectivity index (χ3v) is 4.00. The first-order chi connectivity index (χ1) is 10.4. The quantitative estimate of drug-likeness (QED) is 0.875. The second-order valence-electron chi connectivity index (χ2n) is 6.25. The van der Waals surface area contributed by atoms with E-state index in [1.54, 1.807) is 7.11 Å². The van der Waals surface area contributed by atoms with Crippen molar-refractivity contribution < 1.29 is 24.1 Å². The summed E-state index contributed by atoms with van der Waals surface area (Å²) in [6.45, 7) is 5.26. The first kappa shape index (κ1) is 16.6. The Kier molecular flexibility index (Phi) is 5.29. The van der Waals surface area contributed by atoms with Crippen LogP contribution in [-0.2, 0) is 14.9 Å². The molecule has 122 valence electrons. The molecular formula is C17H24O5. The van der Waals surface area contributed by atoms with Crippen LogP contribution in [0.25, 0.3) is 0 Å². The largest absolute Gasteiger partial charge is 0.493 e. The number of rotatable bonds is 6. The standard InChI is InChI=1S/C17H24O5/c1-17(2,11-16(18)19)12-4-5-14(15(10-12)20-3)22-13-6-8-21-9-7-13/h4-5,10,13H,6-9,11H2,1-3H3,(H,18,19). The Morgan fingerprint density at radius 2 is 2.00 bits per heavy atom. The molecule has 0 aromatic heterocycles. The van der Waals surface area contributed by atoms with Crippen LogP contribution in [0.3, 0.4) is 0 Å². The van der Waals surface area contributed by atoms with E-state index in [1.165, 1.54) is 0 Å². The number of hydrogen-bond donors (Lipinski definition) is 1. The summed E-state index contributed by atoms with van der Waals surface area (Å²) in [6.07, 6.45) is 1.95. The lowest BCUT2D eigenvalue weighted by Gasteiger charge is -2.26. The minimum absolute atomic E-state index is 0.0658. The van der Waals surface area contributed by atoms with Crippen molar-refractivity contribution in [2.45, 2.75) is 44.6 Å². The maximum Gasteiger partial charge on any atom is 0.304 e. The van der Waals surface area contributed by atoms with Gasteiger partial charge in [-0.05, 0) is 17.7 Å². The van der Waals surface area contributed by atoms with Gasteiger partial charge in [-0.15, -0.1) is 0 Å². The number of benzene rings is 1. The fourth-order valence-electron chi connectivity index (χ4n) is 2.64. The molecule has 2 rings (SSSR count). The molecule has 5 heteroatoms. The molecule has 1 fully saturated rings. The van der Waals surface area contributed by atoms with E-state index < -0.39 is 11.4 Å². The second kappa shape index (κ2) is 7.01. The van der Waals surface area contributed by atoms with E-state index in [0.29, 0.717) is 11.5 Å². The summed E-state index contributed by atoms with van der Waals surface area (Å²) in [6, 6.07) is 5.66. The van der Waals surface area contributed by atoms with Gasteiger partial charge in [0, 0.05) is 18.3 Å². The highest BCUT2D eigenvalue weighted by Crippen LogP contribution is 2.36. The monoisotopic (exact) mass is 308 g/mol. The third kappa shape index (κ3) is 4.13. The number of carbonyl (C=O) groups is 1. The predicted molar refractivity (Wildman–Crippen MR) is 82.7 cm³/mol. The van der Waals surface area contributed by atoms with Gasteiger partial charge >= 0.3 is 5.97 Å². The van der Waals surface area contributed by atoms with Crippen molar-refractivity contribution in [3.05, 3.63) is 23.8 Å². The molecular weight excluding hydrogens is 284 g/mol. The highest BCUT2D eigenvalue weighted by Gasteiger charge is 2.26. The summed E-state index contributed by atoms with van der Waals surface area (Å²) in [7, 11) is 1.60. The fraction of sp³-hybridized carbons (Fsp3) is 0.588. The molecule has 1 N–H and O–H groups in total. The number of methoxy groups -OCH3 is 1. The summed E-state index contributed by atoms with van der Waals surface area (Å²) in [5, 5.41) is 9.04. The molecule has 0 amide bonds. The van der Waals surface area contributed by atoms with Crippen LogP contribution in [0.4, 0.5) is 0 Å². The number of aliphatic carboxylic acids is 1. The van der Waals surface area contributed by atoms with Gasteiger partial charge in [0.25, 0.3) is 0 Å². The van der Waals surface area contributed by atoms with Gasteiger partial charge in [0.1, 0.15) is 6.10 Å².